The van der Waals surface area contributed by atoms with E-state index in [9.17, 15) is 4.79 Å². The van der Waals surface area contributed by atoms with E-state index in [2.05, 4.69) is 32.8 Å². The second kappa shape index (κ2) is 8.14. The van der Waals surface area contributed by atoms with Gasteiger partial charge in [0, 0.05) is 29.4 Å². The molecule has 2 N–H and O–H groups in total. The monoisotopic (exact) mass is 385 g/mol. The van der Waals surface area contributed by atoms with Crippen molar-refractivity contribution in [3.63, 3.8) is 0 Å². The van der Waals surface area contributed by atoms with E-state index >= 15 is 0 Å². The number of fused-ring (bicyclic) bond motifs is 1. The third-order valence-electron chi connectivity index (χ3n) is 5.01. The number of urea groups is 1. The minimum atomic E-state index is -0.266. The zero-order valence-corrected chi connectivity index (χ0v) is 16.5. The summed E-state index contributed by atoms with van der Waals surface area (Å²) in [4.78, 5) is 16.8. The molecule has 29 heavy (non-hydrogen) atoms. The lowest BCUT2D eigenvalue weighted by molar-refractivity contribution is 0.251. The highest BCUT2D eigenvalue weighted by molar-refractivity contribution is 5.99. The third kappa shape index (κ3) is 4.11. The van der Waals surface area contributed by atoms with Crippen LogP contribution in [0, 0.1) is 13.8 Å². The minimum absolute atomic E-state index is 0.266. The number of hydrogen-bond donors (Lipinski definition) is 2. The Hall–Kier alpha value is -3.67. The number of aromatic nitrogens is 3. The second-order valence-corrected chi connectivity index (χ2v) is 6.98. The van der Waals surface area contributed by atoms with Gasteiger partial charge in [-0.2, -0.15) is 5.10 Å². The first-order valence-electron chi connectivity index (χ1n) is 9.57. The Morgan fingerprint density at radius 1 is 1.00 bits per heavy atom. The van der Waals surface area contributed by atoms with E-state index in [4.69, 9.17) is 0 Å². The van der Waals surface area contributed by atoms with Gasteiger partial charge in [-0.15, -0.1) is 0 Å². The maximum Gasteiger partial charge on any atom is 0.319 e. The van der Waals surface area contributed by atoms with Crippen LogP contribution in [0.3, 0.4) is 0 Å². The average molecular weight is 385 g/mol. The van der Waals surface area contributed by atoms with Crippen LogP contribution in [0.1, 0.15) is 22.5 Å². The fraction of sp³-hybridized carbons (Fsp3) is 0.174. The van der Waals surface area contributed by atoms with Crippen molar-refractivity contribution < 1.29 is 4.79 Å². The number of rotatable bonds is 5. The van der Waals surface area contributed by atoms with Gasteiger partial charge in [0.2, 0.25) is 0 Å². The Balaban J connectivity index is 1.44. The van der Waals surface area contributed by atoms with E-state index < -0.39 is 0 Å². The molecular formula is C23H23N5O. The molecule has 0 radical (unpaired) electrons. The van der Waals surface area contributed by atoms with E-state index in [1.807, 2.05) is 67.1 Å². The van der Waals surface area contributed by atoms with Crippen molar-refractivity contribution in [2.45, 2.75) is 26.9 Å². The number of nitrogens with one attached hydrogen (secondary N) is 2. The molecule has 0 spiro atoms. The Bertz CT molecular complexity index is 1150. The number of carbonyl (C=O) groups excluding carboxylic acids is 1. The molecule has 146 valence electrons. The van der Waals surface area contributed by atoms with Crippen molar-refractivity contribution in [3.05, 3.63) is 89.4 Å². The molecule has 0 saturated carbocycles. The fourth-order valence-corrected chi connectivity index (χ4v) is 3.44. The molecule has 0 fully saturated rings. The number of hydrogen-bond acceptors (Lipinski definition) is 3. The van der Waals surface area contributed by atoms with Gasteiger partial charge in [-0.3, -0.25) is 9.67 Å². The van der Waals surface area contributed by atoms with Gasteiger partial charge in [0.25, 0.3) is 0 Å². The van der Waals surface area contributed by atoms with Gasteiger partial charge in [0.05, 0.1) is 23.4 Å². The molecule has 4 aromatic rings. The van der Waals surface area contributed by atoms with Gasteiger partial charge < -0.3 is 10.6 Å². The average Bonchev–Trinajstić information content (AvgIpc) is 3.00. The van der Waals surface area contributed by atoms with Crippen molar-refractivity contribution in [1.82, 2.24) is 20.1 Å². The number of amides is 2. The number of carbonyl (C=O) groups is 1. The molecule has 2 amide bonds. The maximum absolute atomic E-state index is 12.5. The number of nitrogens with zero attached hydrogens (tertiary/aromatic N) is 3. The summed E-state index contributed by atoms with van der Waals surface area (Å²) in [6, 6.07) is 19.5. The molecule has 2 aromatic heterocycles. The molecule has 0 saturated heterocycles. The summed E-state index contributed by atoms with van der Waals surface area (Å²) in [5.74, 6) is 0. The Morgan fingerprint density at radius 2 is 1.79 bits per heavy atom. The number of pyridine rings is 1. The molecule has 0 bridgehead atoms. The highest BCUT2D eigenvalue weighted by atomic mass is 16.2. The van der Waals surface area contributed by atoms with Gasteiger partial charge in [-0.25, -0.2) is 4.79 Å². The van der Waals surface area contributed by atoms with Crippen LogP contribution in [0.5, 0.6) is 0 Å². The summed E-state index contributed by atoms with van der Waals surface area (Å²) in [6.45, 7) is 5.13. The molecule has 0 unspecified atom stereocenters. The molecule has 0 aliphatic carbocycles. The largest absolute Gasteiger partial charge is 0.334 e. The second-order valence-electron chi connectivity index (χ2n) is 6.98. The minimum Gasteiger partial charge on any atom is -0.334 e. The lowest BCUT2D eigenvalue weighted by Crippen LogP contribution is -2.28. The van der Waals surface area contributed by atoms with Crippen LogP contribution in [0.25, 0.3) is 10.9 Å². The van der Waals surface area contributed by atoms with E-state index in [0.29, 0.717) is 18.8 Å². The molecule has 2 heterocycles. The van der Waals surface area contributed by atoms with E-state index in [-0.39, 0.29) is 6.03 Å². The van der Waals surface area contributed by atoms with Crippen LogP contribution < -0.4 is 10.6 Å². The lowest BCUT2D eigenvalue weighted by atomic mass is 10.2. The van der Waals surface area contributed by atoms with Gasteiger partial charge in [-0.1, -0.05) is 48.5 Å². The van der Waals surface area contributed by atoms with Gasteiger partial charge in [0.15, 0.2) is 0 Å². The van der Waals surface area contributed by atoms with Crippen molar-refractivity contribution in [3.8, 4) is 0 Å². The van der Waals surface area contributed by atoms with Crippen LogP contribution in [0.2, 0.25) is 0 Å². The summed E-state index contributed by atoms with van der Waals surface area (Å²) in [5, 5.41) is 11.5. The van der Waals surface area contributed by atoms with Gasteiger partial charge in [0.1, 0.15) is 0 Å². The standard InChI is InChI=1S/C23H23N5O/c1-16-20(17(2)28(27-16)15-18-8-4-3-5-9-18)14-25-23(29)26-21-12-6-10-19-11-7-13-24-22(19)21/h3-13H,14-15H2,1-2H3,(H2,25,26,29). The highest BCUT2D eigenvalue weighted by Crippen LogP contribution is 2.20. The molecule has 0 aliphatic heterocycles. The molecule has 6 heteroatoms. The maximum atomic E-state index is 12.5. The fourth-order valence-electron chi connectivity index (χ4n) is 3.44. The van der Waals surface area contributed by atoms with Gasteiger partial charge >= 0.3 is 6.03 Å². The van der Waals surface area contributed by atoms with Crippen LogP contribution in [-0.2, 0) is 13.1 Å². The van der Waals surface area contributed by atoms with Gasteiger partial charge in [-0.05, 0) is 31.5 Å². The van der Waals surface area contributed by atoms with E-state index in [1.54, 1.807) is 6.20 Å². The summed E-state index contributed by atoms with van der Waals surface area (Å²) in [6.07, 6.45) is 1.72. The predicted molar refractivity (Wildman–Crippen MR) is 115 cm³/mol. The first-order valence-corrected chi connectivity index (χ1v) is 9.57. The summed E-state index contributed by atoms with van der Waals surface area (Å²) in [7, 11) is 0. The normalized spacial score (nSPS) is 10.8. The summed E-state index contributed by atoms with van der Waals surface area (Å²) in [5.41, 5.74) is 5.66. The number of benzene rings is 2. The summed E-state index contributed by atoms with van der Waals surface area (Å²) < 4.78 is 1.98. The van der Waals surface area contributed by atoms with Crippen molar-refractivity contribution >= 4 is 22.6 Å². The van der Waals surface area contributed by atoms with Crippen LogP contribution >= 0.6 is 0 Å². The summed E-state index contributed by atoms with van der Waals surface area (Å²) >= 11 is 0. The van der Waals surface area contributed by atoms with Crippen molar-refractivity contribution in [1.29, 1.82) is 0 Å². The van der Waals surface area contributed by atoms with Crippen molar-refractivity contribution in [2.75, 3.05) is 5.32 Å². The molecule has 6 nitrogen and oxygen atoms in total. The molecule has 0 aliphatic rings. The highest BCUT2D eigenvalue weighted by Gasteiger charge is 2.13. The molecule has 4 rings (SSSR count). The number of aryl methyl sites for hydroxylation is 1. The van der Waals surface area contributed by atoms with Crippen molar-refractivity contribution in [2.24, 2.45) is 0 Å². The smallest absolute Gasteiger partial charge is 0.319 e. The number of anilines is 1. The zero-order valence-electron chi connectivity index (χ0n) is 16.5. The zero-order chi connectivity index (χ0) is 20.2. The molecule has 2 aromatic carbocycles. The first kappa shape index (κ1) is 18.7. The lowest BCUT2D eigenvalue weighted by Gasteiger charge is -2.10. The topological polar surface area (TPSA) is 71.8 Å². The Kier molecular flexibility index (Phi) is 5.24. The molecule has 0 atom stereocenters. The van der Waals surface area contributed by atoms with Crippen LogP contribution in [-0.4, -0.2) is 20.8 Å². The SMILES string of the molecule is Cc1nn(Cc2ccccc2)c(C)c1CNC(=O)Nc1cccc2cccnc12. The number of para-hydroxylation sites is 1. The van der Waals surface area contributed by atoms with E-state index in [0.717, 1.165) is 27.9 Å². The Labute approximate surface area is 169 Å². The van der Waals surface area contributed by atoms with Crippen LogP contribution in [0.15, 0.2) is 66.9 Å². The predicted octanol–water partition coefficient (Wildman–Crippen LogP) is 4.42. The first-order chi connectivity index (χ1) is 14.1. The Morgan fingerprint density at radius 3 is 2.62 bits per heavy atom. The van der Waals surface area contributed by atoms with E-state index in [1.165, 1.54) is 5.56 Å². The molecular weight excluding hydrogens is 362 g/mol. The quantitative estimate of drug-likeness (QED) is 0.534. The third-order valence-corrected chi connectivity index (χ3v) is 5.01. The van der Waals surface area contributed by atoms with Crippen LogP contribution in [0.4, 0.5) is 10.5 Å².